The lowest BCUT2D eigenvalue weighted by atomic mass is 9.86. The van der Waals surface area contributed by atoms with Crippen molar-refractivity contribution in [1.29, 1.82) is 0 Å². The lowest BCUT2D eigenvalue weighted by molar-refractivity contribution is 0.478. The van der Waals surface area contributed by atoms with Crippen molar-refractivity contribution in [3.8, 4) is 34.1 Å². The number of hydrogen-bond donors (Lipinski definition) is 0. The van der Waals surface area contributed by atoms with E-state index in [1.165, 1.54) is 38.6 Å². The monoisotopic (exact) mass is 674 g/mol. The molecule has 0 aliphatic rings. The predicted molar refractivity (Wildman–Crippen MR) is 213 cm³/mol. The summed E-state index contributed by atoms with van der Waals surface area (Å²) in [5.41, 5.74) is 11.3. The third-order valence-corrected chi connectivity index (χ3v) is 9.88. The zero-order valence-electron chi connectivity index (χ0n) is 31.8. The van der Waals surface area contributed by atoms with Crippen molar-refractivity contribution in [1.82, 2.24) is 19.3 Å². The predicted octanol–water partition coefficient (Wildman–Crippen LogP) is 12.2. The number of hydrogen-bond acceptors (Lipinski definition) is 3. The first-order valence-corrected chi connectivity index (χ1v) is 18.2. The molecule has 0 amide bonds. The Balaban J connectivity index is 1.37. The molecule has 5 nitrogen and oxygen atoms in total. The highest BCUT2D eigenvalue weighted by atomic mass is 16.5. The second-order valence-electron chi connectivity index (χ2n) is 16.5. The number of aryl methyl sites for hydroxylation is 1. The summed E-state index contributed by atoms with van der Waals surface area (Å²) in [7, 11) is 0. The average molecular weight is 675 g/mol. The topological polar surface area (TPSA) is 44.9 Å². The van der Waals surface area contributed by atoms with Crippen LogP contribution in [0.1, 0.15) is 83.5 Å². The summed E-state index contributed by atoms with van der Waals surface area (Å²) in [4.78, 5) is 4.92. The highest BCUT2D eigenvalue weighted by Crippen LogP contribution is 2.38. The summed E-state index contributed by atoms with van der Waals surface area (Å²) in [5, 5.41) is 7.45. The van der Waals surface area contributed by atoms with Gasteiger partial charge in [-0.1, -0.05) is 91.8 Å². The Bertz CT molecular complexity index is 2380. The van der Waals surface area contributed by atoms with Gasteiger partial charge in [0.1, 0.15) is 17.3 Å². The van der Waals surface area contributed by atoms with Crippen molar-refractivity contribution >= 4 is 21.8 Å². The highest BCUT2D eigenvalue weighted by Gasteiger charge is 2.22. The normalized spacial score (nSPS) is 12.4. The first kappa shape index (κ1) is 34.3. The van der Waals surface area contributed by atoms with E-state index in [2.05, 4.69) is 176 Å². The number of pyridine rings is 1. The standard InChI is InChI=1S/C46H50N4O/c1-29(2)22-32-16-19-41-40(23-32)39-18-17-37(28-42(39)49(41)43-26-34(20-21-47-43)45(5,6)7)51-38-25-35(46(8,9)10)24-36(27-38)50-31(4)44(30(3)48-50)33-14-12-11-13-15-33/h11-21,23-29H,22H2,1-10H3. The van der Waals surface area contributed by atoms with Crippen LogP contribution >= 0.6 is 0 Å². The van der Waals surface area contributed by atoms with E-state index in [1.807, 2.05) is 6.20 Å². The van der Waals surface area contributed by atoms with Crippen LogP contribution in [0.3, 0.4) is 0 Å². The Hall–Kier alpha value is -5.16. The van der Waals surface area contributed by atoms with Crippen molar-refractivity contribution in [3.05, 3.63) is 131 Å². The molecular formula is C46H50N4O. The van der Waals surface area contributed by atoms with Gasteiger partial charge in [0.15, 0.2) is 0 Å². The number of aromatic nitrogens is 4. The maximum atomic E-state index is 6.81. The molecule has 0 unspecified atom stereocenters. The van der Waals surface area contributed by atoms with Crippen LogP contribution < -0.4 is 4.74 Å². The number of rotatable bonds is 7. The lowest BCUT2D eigenvalue weighted by Crippen LogP contribution is -2.12. The van der Waals surface area contributed by atoms with Gasteiger partial charge in [-0.15, -0.1) is 0 Å². The van der Waals surface area contributed by atoms with Crippen LogP contribution in [0.15, 0.2) is 103 Å². The van der Waals surface area contributed by atoms with Gasteiger partial charge in [-0.25, -0.2) is 9.67 Å². The third-order valence-electron chi connectivity index (χ3n) is 9.88. The Kier molecular flexibility index (Phi) is 8.65. The summed E-state index contributed by atoms with van der Waals surface area (Å²) >= 11 is 0. The largest absolute Gasteiger partial charge is 0.457 e. The first-order chi connectivity index (χ1) is 24.2. The number of fused-ring (bicyclic) bond motifs is 3. The third kappa shape index (κ3) is 6.70. The highest BCUT2D eigenvalue weighted by molar-refractivity contribution is 6.09. The Morgan fingerprint density at radius 1 is 0.686 bits per heavy atom. The fourth-order valence-electron chi connectivity index (χ4n) is 7.21. The summed E-state index contributed by atoms with van der Waals surface area (Å²) in [6, 6.07) is 34.7. The second-order valence-corrected chi connectivity index (χ2v) is 16.5. The minimum Gasteiger partial charge on any atom is -0.457 e. The van der Waals surface area contributed by atoms with E-state index in [0.29, 0.717) is 5.92 Å². The van der Waals surface area contributed by atoms with E-state index in [1.54, 1.807) is 0 Å². The quantitative estimate of drug-likeness (QED) is 0.169. The van der Waals surface area contributed by atoms with Crippen molar-refractivity contribution in [2.24, 2.45) is 5.92 Å². The lowest BCUT2D eigenvalue weighted by Gasteiger charge is -2.22. The van der Waals surface area contributed by atoms with E-state index in [4.69, 9.17) is 14.8 Å². The van der Waals surface area contributed by atoms with E-state index >= 15 is 0 Å². The van der Waals surface area contributed by atoms with Gasteiger partial charge in [-0.2, -0.15) is 5.10 Å². The fraction of sp³-hybridized carbons (Fsp3) is 0.304. The van der Waals surface area contributed by atoms with Crippen LogP contribution in [0, 0.1) is 19.8 Å². The molecular weight excluding hydrogens is 625 g/mol. The molecule has 0 spiro atoms. The fourth-order valence-corrected chi connectivity index (χ4v) is 7.21. The minimum atomic E-state index is -0.0969. The van der Waals surface area contributed by atoms with Crippen molar-refractivity contribution in [2.45, 2.75) is 86.5 Å². The molecule has 3 heterocycles. The zero-order chi connectivity index (χ0) is 36.2. The average Bonchev–Trinajstić information content (AvgIpc) is 3.56. The number of ether oxygens (including phenoxy) is 1. The van der Waals surface area contributed by atoms with Gasteiger partial charge in [0.25, 0.3) is 0 Å². The molecule has 0 fully saturated rings. The van der Waals surface area contributed by atoms with Gasteiger partial charge >= 0.3 is 0 Å². The molecule has 0 bridgehead atoms. The molecule has 4 aromatic carbocycles. The molecule has 0 atom stereocenters. The van der Waals surface area contributed by atoms with Gasteiger partial charge in [0.2, 0.25) is 0 Å². The molecule has 0 saturated carbocycles. The molecule has 0 N–H and O–H groups in total. The van der Waals surface area contributed by atoms with Gasteiger partial charge in [0.05, 0.1) is 22.4 Å². The van der Waals surface area contributed by atoms with Crippen LogP contribution in [-0.2, 0) is 17.3 Å². The van der Waals surface area contributed by atoms with E-state index < -0.39 is 0 Å². The zero-order valence-corrected chi connectivity index (χ0v) is 31.8. The number of benzene rings is 4. The van der Waals surface area contributed by atoms with Crippen LogP contribution in [-0.4, -0.2) is 19.3 Å². The van der Waals surface area contributed by atoms with Crippen molar-refractivity contribution in [3.63, 3.8) is 0 Å². The van der Waals surface area contributed by atoms with Crippen LogP contribution in [0.25, 0.3) is 44.4 Å². The summed E-state index contributed by atoms with van der Waals surface area (Å²) in [6.45, 7) is 22.2. The molecule has 0 saturated heterocycles. The summed E-state index contributed by atoms with van der Waals surface area (Å²) in [6.07, 6.45) is 2.97. The van der Waals surface area contributed by atoms with Gasteiger partial charge < -0.3 is 4.74 Å². The maximum absolute atomic E-state index is 6.81. The van der Waals surface area contributed by atoms with E-state index in [0.717, 1.165) is 51.8 Å². The number of nitrogens with zero attached hydrogens (tertiary/aromatic N) is 4. The Morgan fingerprint density at radius 2 is 1.43 bits per heavy atom. The van der Waals surface area contributed by atoms with Gasteiger partial charge in [-0.05, 0) is 108 Å². The van der Waals surface area contributed by atoms with E-state index in [-0.39, 0.29) is 10.8 Å². The molecule has 7 aromatic rings. The molecule has 260 valence electrons. The molecule has 5 heteroatoms. The van der Waals surface area contributed by atoms with Crippen LogP contribution in [0.2, 0.25) is 0 Å². The molecule has 0 aliphatic heterocycles. The minimum absolute atomic E-state index is 0.00172. The summed E-state index contributed by atoms with van der Waals surface area (Å²) in [5.74, 6) is 3.04. The van der Waals surface area contributed by atoms with Crippen molar-refractivity contribution in [2.75, 3.05) is 0 Å². The van der Waals surface area contributed by atoms with Crippen LogP contribution in [0.4, 0.5) is 0 Å². The Labute approximate surface area is 302 Å². The maximum Gasteiger partial charge on any atom is 0.137 e. The first-order valence-electron chi connectivity index (χ1n) is 18.2. The van der Waals surface area contributed by atoms with E-state index in [9.17, 15) is 0 Å². The smallest absolute Gasteiger partial charge is 0.137 e. The molecule has 7 rings (SSSR count). The summed E-state index contributed by atoms with van der Waals surface area (Å²) < 4.78 is 11.2. The molecule has 3 aromatic heterocycles. The van der Waals surface area contributed by atoms with Gasteiger partial charge in [-0.3, -0.25) is 4.57 Å². The molecule has 0 aliphatic carbocycles. The Morgan fingerprint density at radius 3 is 2.14 bits per heavy atom. The second kappa shape index (κ2) is 12.9. The van der Waals surface area contributed by atoms with Crippen molar-refractivity contribution < 1.29 is 4.74 Å². The molecule has 0 radical (unpaired) electrons. The molecule has 51 heavy (non-hydrogen) atoms. The van der Waals surface area contributed by atoms with Gasteiger partial charge in [0, 0.05) is 40.4 Å². The van der Waals surface area contributed by atoms with Crippen LogP contribution in [0.5, 0.6) is 11.5 Å². The SMILES string of the molecule is Cc1nn(-c2cc(Oc3ccc4c5cc(CC(C)C)ccc5n(-c5cc(C(C)(C)C)ccn5)c4c3)cc(C(C)(C)C)c2)c(C)c1-c1ccccc1.